The Morgan fingerprint density at radius 3 is 2.44 bits per heavy atom. The molecular weight excluding hydrogens is 210 g/mol. The Hall–Kier alpha value is -1.10. The van der Waals surface area contributed by atoms with Crippen LogP contribution in [-0.2, 0) is 14.3 Å². The van der Waals surface area contributed by atoms with E-state index in [2.05, 4.69) is 5.32 Å². The number of rotatable bonds is 7. The van der Waals surface area contributed by atoms with Crippen LogP contribution in [0, 0.1) is 11.3 Å². The maximum absolute atomic E-state index is 11.5. The van der Waals surface area contributed by atoms with E-state index in [1.54, 1.807) is 20.8 Å². The van der Waals surface area contributed by atoms with Crippen LogP contribution in [0.2, 0.25) is 0 Å². The fourth-order valence-corrected chi connectivity index (χ4v) is 1.11. The van der Waals surface area contributed by atoms with E-state index in [-0.39, 0.29) is 11.8 Å². The van der Waals surface area contributed by atoms with Gasteiger partial charge in [0.25, 0.3) is 0 Å². The summed E-state index contributed by atoms with van der Waals surface area (Å²) in [5.74, 6) is -1.17. The lowest BCUT2D eigenvalue weighted by Gasteiger charge is -2.19. The van der Waals surface area contributed by atoms with Gasteiger partial charge in [-0.25, -0.2) is 0 Å². The fourth-order valence-electron chi connectivity index (χ4n) is 1.11. The van der Waals surface area contributed by atoms with Gasteiger partial charge in [0.1, 0.15) is 0 Å². The summed E-state index contributed by atoms with van der Waals surface area (Å²) in [7, 11) is 1.54. The van der Waals surface area contributed by atoms with E-state index >= 15 is 0 Å². The number of carbonyl (C=O) groups is 2. The van der Waals surface area contributed by atoms with Gasteiger partial charge in [0.05, 0.1) is 17.9 Å². The SMILES string of the molecule is COCC(C)C(=O)NCCC(C)(C)C(=O)O. The average molecular weight is 231 g/mol. The van der Waals surface area contributed by atoms with Gasteiger partial charge in [0, 0.05) is 13.7 Å². The smallest absolute Gasteiger partial charge is 0.309 e. The molecule has 5 heteroatoms. The Labute approximate surface area is 96.2 Å². The van der Waals surface area contributed by atoms with Crippen molar-refractivity contribution in [2.75, 3.05) is 20.3 Å². The molecule has 0 saturated heterocycles. The van der Waals surface area contributed by atoms with E-state index < -0.39 is 11.4 Å². The zero-order valence-electron chi connectivity index (χ0n) is 10.4. The van der Waals surface area contributed by atoms with Crippen LogP contribution in [0.5, 0.6) is 0 Å². The molecule has 1 atom stereocenters. The van der Waals surface area contributed by atoms with E-state index in [0.29, 0.717) is 19.6 Å². The molecular formula is C11H21NO4. The number of hydrogen-bond acceptors (Lipinski definition) is 3. The van der Waals surface area contributed by atoms with Gasteiger partial charge in [-0.05, 0) is 20.3 Å². The zero-order chi connectivity index (χ0) is 12.8. The number of amides is 1. The van der Waals surface area contributed by atoms with Gasteiger partial charge in [0.15, 0.2) is 0 Å². The topological polar surface area (TPSA) is 75.6 Å². The molecule has 2 N–H and O–H groups in total. The minimum absolute atomic E-state index is 0.108. The standard InChI is InChI=1S/C11H21NO4/c1-8(7-16-4)9(13)12-6-5-11(2,3)10(14)15/h8H,5-7H2,1-4H3,(H,12,13)(H,14,15). The summed E-state index contributed by atoms with van der Waals surface area (Å²) in [4.78, 5) is 22.3. The van der Waals surface area contributed by atoms with Crippen LogP contribution in [0.25, 0.3) is 0 Å². The molecule has 0 bridgehead atoms. The van der Waals surface area contributed by atoms with Gasteiger partial charge >= 0.3 is 5.97 Å². The summed E-state index contributed by atoms with van der Waals surface area (Å²) >= 11 is 0. The van der Waals surface area contributed by atoms with Crippen molar-refractivity contribution in [2.45, 2.75) is 27.2 Å². The first-order valence-electron chi connectivity index (χ1n) is 5.31. The number of carbonyl (C=O) groups excluding carboxylic acids is 1. The first kappa shape index (κ1) is 14.9. The monoisotopic (exact) mass is 231 g/mol. The summed E-state index contributed by atoms with van der Waals surface area (Å²) in [5.41, 5.74) is -0.808. The van der Waals surface area contributed by atoms with Crippen LogP contribution < -0.4 is 5.32 Å². The molecule has 0 aliphatic carbocycles. The highest BCUT2D eigenvalue weighted by molar-refractivity contribution is 5.78. The third-order valence-electron chi connectivity index (χ3n) is 2.49. The number of carboxylic acid groups (broad SMARTS) is 1. The molecule has 0 aromatic rings. The predicted octanol–water partition coefficient (Wildman–Crippen LogP) is 0.886. The van der Waals surface area contributed by atoms with Crippen molar-refractivity contribution in [2.24, 2.45) is 11.3 Å². The summed E-state index contributed by atoms with van der Waals surface area (Å²) < 4.78 is 4.86. The van der Waals surface area contributed by atoms with Crippen LogP contribution >= 0.6 is 0 Å². The van der Waals surface area contributed by atoms with Gasteiger partial charge in [-0.1, -0.05) is 6.92 Å². The minimum atomic E-state index is -0.855. The van der Waals surface area contributed by atoms with Gasteiger partial charge in [-0.3, -0.25) is 9.59 Å². The maximum atomic E-state index is 11.5. The van der Waals surface area contributed by atoms with Crippen molar-refractivity contribution in [3.8, 4) is 0 Å². The number of hydrogen-bond donors (Lipinski definition) is 2. The number of nitrogens with one attached hydrogen (secondary N) is 1. The molecule has 0 rings (SSSR count). The van der Waals surface area contributed by atoms with Gasteiger partial charge in [0.2, 0.25) is 5.91 Å². The zero-order valence-corrected chi connectivity index (χ0v) is 10.4. The molecule has 0 spiro atoms. The maximum Gasteiger partial charge on any atom is 0.309 e. The highest BCUT2D eigenvalue weighted by atomic mass is 16.5. The largest absolute Gasteiger partial charge is 0.481 e. The normalized spacial score (nSPS) is 13.2. The van der Waals surface area contributed by atoms with E-state index in [0.717, 1.165) is 0 Å². The molecule has 16 heavy (non-hydrogen) atoms. The summed E-state index contributed by atoms with van der Waals surface area (Å²) in [6.07, 6.45) is 0.410. The molecule has 5 nitrogen and oxygen atoms in total. The summed E-state index contributed by atoms with van der Waals surface area (Å²) in [5, 5.41) is 11.6. The lowest BCUT2D eigenvalue weighted by molar-refractivity contribution is -0.147. The van der Waals surface area contributed by atoms with Crippen LogP contribution in [-0.4, -0.2) is 37.2 Å². The molecule has 1 unspecified atom stereocenters. The quantitative estimate of drug-likeness (QED) is 0.682. The molecule has 0 aromatic heterocycles. The molecule has 0 radical (unpaired) electrons. The molecule has 0 heterocycles. The number of methoxy groups -OCH3 is 1. The lowest BCUT2D eigenvalue weighted by Crippen LogP contribution is -2.35. The Morgan fingerprint density at radius 2 is 2.00 bits per heavy atom. The second-order valence-electron chi connectivity index (χ2n) is 4.59. The van der Waals surface area contributed by atoms with Crippen molar-refractivity contribution in [1.29, 1.82) is 0 Å². The Kier molecular flexibility index (Phi) is 6.03. The average Bonchev–Trinajstić information content (AvgIpc) is 2.17. The summed E-state index contributed by atoms with van der Waals surface area (Å²) in [6, 6.07) is 0. The second kappa shape index (κ2) is 6.48. The Balaban J connectivity index is 3.90. The molecule has 0 aromatic carbocycles. The van der Waals surface area contributed by atoms with Crippen molar-refractivity contribution in [1.82, 2.24) is 5.32 Å². The van der Waals surface area contributed by atoms with Crippen molar-refractivity contribution in [3.63, 3.8) is 0 Å². The van der Waals surface area contributed by atoms with Gasteiger partial charge in [-0.2, -0.15) is 0 Å². The Bertz CT molecular complexity index is 250. The first-order chi connectivity index (χ1) is 7.31. The number of ether oxygens (including phenoxy) is 1. The van der Waals surface area contributed by atoms with E-state index in [9.17, 15) is 9.59 Å². The first-order valence-corrected chi connectivity index (χ1v) is 5.31. The second-order valence-corrected chi connectivity index (χ2v) is 4.59. The van der Waals surface area contributed by atoms with Crippen molar-refractivity contribution < 1.29 is 19.4 Å². The van der Waals surface area contributed by atoms with E-state index in [1.165, 1.54) is 7.11 Å². The third-order valence-corrected chi connectivity index (χ3v) is 2.49. The Morgan fingerprint density at radius 1 is 1.44 bits per heavy atom. The lowest BCUT2D eigenvalue weighted by atomic mass is 9.89. The van der Waals surface area contributed by atoms with Crippen LogP contribution in [0.4, 0.5) is 0 Å². The highest BCUT2D eigenvalue weighted by Gasteiger charge is 2.26. The summed E-state index contributed by atoms with van der Waals surface area (Å²) in [6.45, 7) is 5.78. The highest BCUT2D eigenvalue weighted by Crippen LogP contribution is 2.19. The number of carboxylic acids is 1. The van der Waals surface area contributed by atoms with Crippen LogP contribution in [0.3, 0.4) is 0 Å². The number of aliphatic carboxylic acids is 1. The molecule has 0 fully saturated rings. The molecule has 0 aliphatic heterocycles. The molecule has 94 valence electrons. The molecule has 1 amide bonds. The van der Waals surface area contributed by atoms with E-state index in [1.807, 2.05) is 0 Å². The van der Waals surface area contributed by atoms with Crippen molar-refractivity contribution >= 4 is 11.9 Å². The van der Waals surface area contributed by atoms with E-state index in [4.69, 9.17) is 9.84 Å². The molecule has 0 saturated carbocycles. The van der Waals surface area contributed by atoms with Crippen LogP contribution in [0.1, 0.15) is 27.2 Å². The van der Waals surface area contributed by atoms with Gasteiger partial charge in [-0.15, -0.1) is 0 Å². The van der Waals surface area contributed by atoms with Gasteiger partial charge < -0.3 is 15.2 Å². The minimum Gasteiger partial charge on any atom is -0.481 e. The molecule has 0 aliphatic rings. The van der Waals surface area contributed by atoms with Crippen LogP contribution in [0.15, 0.2) is 0 Å². The van der Waals surface area contributed by atoms with Crippen molar-refractivity contribution in [3.05, 3.63) is 0 Å². The predicted molar refractivity (Wildman–Crippen MR) is 60.1 cm³/mol. The third kappa shape index (κ3) is 5.11. The fraction of sp³-hybridized carbons (Fsp3) is 0.818.